The van der Waals surface area contributed by atoms with E-state index < -0.39 is 12.1 Å². The summed E-state index contributed by atoms with van der Waals surface area (Å²) in [6.07, 6.45) is -0.948. The molecule has 0 aliphatic carbocycles. The van der Waals surface area contributed by atoms with Crippen LogP contribution in [0.2, 0.25) is 5.02 Å². The monoisotopic (exact) mass is 244 g/mol. The van der Waals surface area contributed by atoms with Crippen LogP contribution in [0.25, 0.3) is 0 Å². The maximum absolute atomic E-state index is 11.3. The summed E-state index contributed by atoms with van der Waals surface area (Å²) < 4.78 is 0. The molecule has 1 rings (SSSR count). The van der Waals surface area contributed by atoms with Crippen LogP contribution in [0.3, 0.4) is 0 Å². The number of hydrogen-bond donors (Lipinski definition) is 4. The number of anilines is 1. The minimum Gasteiger partial charge on any atom is -0.394 e. The van der Waals surface area contributed by atoms with E-state index in [1.54, 1.807) is 24.3 Å². The minimum atomic E-state index is -0.948. The molecule has 0 aliphatic heterocycles. The van der Waals surface area contributed by atoms with Gasteiger partial charge in [-0.2, -0.15) is 0 Å². The van der Waals surface area contributed by atoms with E-state index in [9.17, 15) is 4.79 Å². The lowest BCUT2D eigenvalue weighted by molar-refractivity contribution is 0.0965. The number of carbonyl (C=O) groups is 1. The van der Waals surface area contributed by atoms with Crippen LogP contribution in [0.4, 0.5) is 10.5 Å². The maximum Gasteiger partial charge on any atom is 0.319 e. The van der Waals surface area contributed by atoms with Gasteiger partial charge in [-0.15, -0.1) is 0 Å². The Morgan fingerprint density at radius 2 is 2.00 bits per heavy atom. The van der Waals surface area contributed by atoms with Crippen molar-refractivity contribution >= 4 is 23.3 Å². The summed E-state index contributed by atoms with van der Waals surface area (Å²) in [4.78, 5) is 11.3. The highest BCUT2D eigenvalue weighted by Crippen LogP contribution is 2.12. The van der Waals surface area contributed by atoms with Crippen LogP contribution in [0.5, 0.6) is 0 Å². The Kier molecular flexibility index (Phi) is 5.04. The fourth-order valence-electron chi connectivity index (χ4n) is 0.984. The fraction of sp³-hybridized carbons (Fsp3) is 0.300. The Hall–Kier alpha value is -1.30. The lowest BCUT2D eigenvalue weighted by Crippen LogP contribution is -2.36. The SMILES string of the molecule is O=C(NC[C@H](O)CO)Nc1ccc(Cl)cc1. The Labute approximate surface area is 98.0 Å². The normalized spacial score (nSPS) is 11.9. The van der Waals surface area contributed by atoms with Crippen LogP contribution in [-0.4, -0.2) is 35.5 Å². The third kappa shape index (κ3) is 4.48. The highest BCUT2D eigenvalue weighted by atomic mass is 35.5. The van der Waals surface area contributed by atoms with Gasteiger partial charge in [0.05, 0.1) is 12.7 Å². The van der Waals surface area contributed by atoms with E-state index in [-0.39, 0.29) is 13.2 Å². The molecule has 0 fully saturated rings. The van der Waals surface area contributed by atoms with E-state index in [0.717, 1.165) is 0 Å². The molecule has 0 saturated heterocycles. The number of benzene rings is 1. The molecule has 1 aromatic carbocycles. The van der Waals surface area contributed by atoms with Gasteiger partial charge >= 0.3 is 6.03 Å². The molecule has 0 unspecified atom stereocenters. The number of aliphatic hydroxyl groups is 2. The predicted molar refractivity (Wildman–Crippen MR) is 61.6 cm³/mol. The van der Waals surface area contributed by atoms with Gasteiger partial charge < -0.3 is 20.8 Å². The van der Waals surface area contributed by atoms with Crippen molar-refractivity contribution in [2.75, 3.05) is 18.5 Å². The third-order valence-electron chi connectivity index (χ3n) is 1.81. The van der Waals surface area contributed by atoms with Crippen molar-refractivity contribution in [1.82, 2.24) is 5.32 Å². The van der Waals surface area contributed by atoms with Crippen molar-refractivity contribution < 1.29 is 15.0 Å². The lowest BCUT2D eigenvalue weighted by Gasteiger charge is -2.10. The second-order valence-electron chi connectivity index (χ2n) is 3.18. The van der Waals surface area contributed by atoms with Crippen LogP contribution in [-0.2, 0) is 0 Å². The van der Waals surface area contributed by atoms with Crippen LogP contribution in [0.1, 0.15) is 0 Å². The molecular weight excluding hydrogens is 232 g/mol. The van der Waals surface area contributed by atoms with Gasteiger partial charge in [-0.25, -0.2) is 4.79 Å². The fourth-order valence-corrected chi connectivity index (χ4v) is 1.11. The molecule has 4 N–H and O–H groups in total. The van der Waals surface area contributed by atoms with Gasteiger partial charge in [-0.05, 0) is 24.3 Å². The molecular formula is C10H13ClN2O3. The van der Waals surface area contributed by atoms with Crippen molar-refractivity contribution in [2.45, 2.75) is 6.10 Å². The lowest BCUT2D eigenvalue weighted by atomic mass is 10.3. The standard InChI is InChI=1S/C10H13ClN2O3/c11-7-1-3-8(4-2-7)13-10(16)12-5-9(15)6-14/h1-4,9,14-15H,5-6H2,(H2,12,13,16)/t9-/m0/s1. The van der Waals surface area contributed by atoms with Crippen molar-refractivity contribution in [2.24, 2.45) is 0 Å². The van der Waals surface area contributed by atoms with Crippen molar-refractivity contribution in [3.8, 4) is 0 Å². The Morgan fingerprint density at radius 3 is 2.56 bits per heavy atom. The first kappa shape index (κ1) is 12.8. The summed E-state index contributed by atoms with van der Waals surface area (Å²) in [6.45, 7) is -0.392. The molecule has 0 saturated carbocycles. The number of aliphatic hydroxyl groups excluding tert-OH is 2. The molecule has 16 heavy (non-hydrogen) atoms. The zero-order valence-electron chi connectivity index (χ0n) is 8.48. The number of rotatable bonds is 4. The number of carbonyl (C=O) groups excluding carboxylic acids is 1. The molecule has 0 spiro atoms. The topological polar surface area (TPSA) is 81.6 Å². The Morgan fingerprint density at radius 1 is 1.38 bits per heavy atom. The van der Waals surface area contributed by atoms with Crippen LogP contribution in [0, 0.1) is 0 Å². The molecule has 0 heterocycles. The van der Waals surface area contributed by atoms with Gasteiger partial charge in [-0.3, -0.25) is 0 Å². The number of urea groups is 1. The van der Waals surface area contributed by atoms with Crippen molar-refractivity contribution in [3.05, 3.63) is 29.3 Å². The molecule has 0 radical (unpaired) electrons. The van der Waals surface area contributed by atoms with E-state index in [1.165, 1.54) is 0 Å². The third-order valence-corrected chi connectivity index (χ3v) is 2.06. The Balaban J connectivity index is 2.37. The smallest absolute Gasteiger partial charge is 0.319 e. The Bertz CT molecular complexity index is 342. The molecule has 5 nitrogen and oxygen atoms in total. The van der Waals surface area contributed by atoms with Crippen LogP contribution in [0.15, 0.2) is 24.3 Å². The molecule has 0 aromatic heterocycles. The van der Waals surface area contributed by atoms with Crippen LogP contribution < -0.4 is 10.6 Å². The van der Waals surface area contributed by atoms with Crippen molar-refractivity contribution in [3.63, 3.8) is 0 Å². The van der Waals surface area contributed by atoms with Gasteiger partial charge in [-0.1, -0.05) is 11.6 Å². The first-order valence-electron chi connectivity index (χ1n) is 4.71. The van der Waals surface area contributed by atoms with Crippen LogP contribution >= 0.6 is 11.6 Å². The van der Waals surface area contributed by atoms with Gasteiger partial charge in [0.15, 0.2) is 0 Å². The molecule has 0 aliphatic rings. The van der Waals surface area contributed by atoms with Gasteiger partial charge in [0.1, 0.15) is 0 Å². The number of halogens is 1. The summed E-state index contributed by atoms with van der Waals surface area (Å²) in [7, 11) is 0. The maximum atomic E-state index is 11.3. The van der Waals surface area contributed by atoms with Gasteiger partial charge in [0.25, 0.3) is 0 Å². The zero-order chi connectivity index (χ0) is 12.0. The summed E-state index contributed by atoms with van der Waals surface area (Å²) in [5, 5.41) is 23.1. The second kappa shape index (κ2) is 6.32. The number of amides is 2. The minimum absolute atomic E-state index is 0.00404. The van der Waals surface area contributed by atoms with Gasteiger partial charge in [0, 0.05) is 17.3 Å². The average molecular weight is 245 g/mol. The highest BCUT2D eigenvalue weighted by Gasteiger charge is 2.05. The molecule has 1 aromatic rings. The molecule has 0 bridgehead atoms. The number of nitrogens with one attached hydrogen (secondary N) is 2. The van der Waals surface area contributed by atoms with E-state index in [4.69, 9.17) is 21.8 Å². The largest absolute Gasteiger partial charge is 0.394 e. The first-order chi connectivity index (χ1) is 7.61. The predicted octanol–water partition coefficient (Wildman–Crippen LogP) is 0.815. The van der Waals surface area contributed by atoms with Crippen molar-refractivity contribution in [1.29, 1.82) is 0 Å². The van der Waals surface area contributed by atoms with E-state index in [1.807, 2.05) is 0 Å². The molecule has 88 valence electrons. The number of hydrogen-bond acceptors (Lipinski definition) is 3. The van der Waals surface area contributed by atoms with E-state index in [0.29, 0.717) is 10.7 Å². The summed E-state index contributed by atoms with van der Waals surface area (Å²) in [5.74, 6) is 0. The van der Waals surface area contributed by atoms with Gasteiger partial charge in [0.2, 0.25) is 0 Å². The van der Waals surface area contributed by atoms with E-state index >= 15 is 0 Å². The average Bonchev–Trinajstić information content (AvgIpc) is 2.29. The summed E-state index contributed by atoms with van der Waals surface area (Å²) in [6, 6.07) is 6.17. The summed E-state index contributed by atoms with van der Waals surface area (Å²) >= 11 is 5.68. The zero-order valence-corrected chi connectivity index (χ0v) is 9.24. The molecule has 1 atom stereocenters. The van der Waals surface area contributed by atoms with E-state index in [2.05, 4.69) is 10.6 Å². The second-order valence-corrected chi connectivity index (χ2v) is 3.61. The first-order valence-corrected chi connectivity index (χ1v) is 5.09. The quantitative estimate of drug-likeness (QED) is 0.633. The highest BCUT2D eigenvalue weighted by molar-refractivity contribution is 6.30. The summed E-state index contributed by atoms with van der Waals surface area (Å²) in [5.41, 5.74) is 0.598. The molecule has 6 heteroatoms. The molecule has 2 amide bonds.